The van der Waals surface area contributed by atoms with Gasteiger partial charge in [0.1, 0.15) is 6.04 Å². The van der Waals surface area contributed by atoms with Crippen LogP contribution in [0.4, 0.5) is 0 Å². The van der Waals surface area contributed by atoms with Crippen LogP contribution in [0.5, 0.6) is 0 Å². The van der Waals surface area contributed by atoms with Gasteiger partial charge in [-0.1, -0.05) is 28.1 Å². The van der Waals surface area contributed by atoms with Crippen molar-refractivity contribution >= 4 is 27.8 Å². The Morgan fingerprint density at radius 1 is 1.53 bits per heavy atom. The van der Waals surface area contributed by atoms with Gasteiger partial charge in [0.15, 0.2) is 0 Å². The highest BCUT2D eigenvalue weighted by Crippen LogP contribution is 2.16. The van der Waals surface area contributed by atoms with E-state index in [0.717, 1.165) is 10.0 Å². The molecular formula is C14H16BrNO3. The summed E-state index contributed by atoms with van der Waals surface area (Å²) in [4.78, 5) is 23.1. The van der Waals surface area contributed by atoms with Gasteiger partial charge in [-0.05, 0) is 37.5 Å². The lowest BCUT2D eigenvalue weighted by Crippen LogP contribution is -2.40. The van der Waals surface area contributed by atoms with E-state index >= 15 is 0 Å². The number of hydrogen-bond donors (Lipinski definition) is 2. The summed E-state index contributed by atoms with van der Waals surface area (Å²) < 4.78 is 0.779. The topological polar surface area (TPSA) is 66.4 Å². The highest BCUT2D eigenvalue weighted by atomic mass is 79.9. The van der Waals surface area contributed by atoms with Crippen LogP contribution in [0.15, 0.2) is 35.3 Å². The molecule has 19 heavy (non-hydrogen) atoms. The van der Waals surface area contributed by atoms with E-state index in [1.807, 2.05) is 6.07 Å². The number of amides is 1. The quantitative estimate of drug-likeness (QED) is 0.790. The maximum Gasteiger partial charge on any atom is 0.326 e. The fourth-order valence-electron chi connectivity index (χ4n) is 1.62. The van der Waals surface area contributed by atoms with Crippen LogP contribution in [0.3, 0.4) is 0 Å². The van der Waals surface area contributed by atoms with Crippen LogP contribution in [0.1, 0.15) is 28.8 Å². The van der Waals surface area contributed by atoms with Gasteiger partial charge in [0, 0.05) is 10.0 Å². The second-order valence-electron chi connectivity index (χ2n) is 4.19. The number of carbonyl (C=O) groups excluding carboxylic acids is 1. The molecule has 1 rings (SSSR count). The monoisotopic (exact) mass is 325 g/mol. The molecule has 0 aliphatic carbocycles. The Balaban J connectivity index is 2.84. The minimum absolute atomic E-state index is 0.331. The third-order valence-corrected chi connectivity index (χ3v) is 3.20. The molecule has 0 heterocycles. The van der Waals surface area contributed by atoms with Crippen molar-refractivity contribution in [3.8, 4) is 0 Å². The van der Waals surface area contributed by atoms with Gasteiger partial charge in [0.25, 0.3) is 5.91 Å². The highest BCUT2D eigenvalue weighted by molar-refractivity contribution is 9.10. The van der Waals surface area contributed by atoms with E-state index in [4.69, 9.17) is 5.11 Å². The number of benzene rings is 1. The zero-order chi connectivity index (χ0) is 14.4. The van der Waals surface area contributed by atoms with Crippen LogP contribution in [0, 0.1) is 6.92 Å². The zero-order valence-corrected chi connectivity index (χ0v) is 12.2. The number of rotatable bonds is 6. The molecule has 1 atom stereocenters. The average molecular weight is 326 g/mol. The fourth-order valence-corrected chi connectivity index (χ4v) is 1.98. The maximum absolute atomic E-state index is 12.1. The normalized spacial score (nSPS) is 11.7. The largest absolute Gasteiger partial charge is 0.480 e. The lowest BCUT2D eigenvalue weighted by atomic mass is 10.1. The van der Waals surface area contributed by atoms with E-state index in [1.54, 1.807) is 25.1 Å². The number of halogens is 1. The molecule has 5 heteroatoms. The Morgan fingerprint density at radius 2 is 2.21 bits per heavy atom. The summed E-state index contributed by atoms with van der Waals surface area (Å²) in [5.41, 5.74) is 1.27. The molecule has 0 aromatic heterocycles. The van der Waals surface area contributed by atoms with Crippen LogP contribution >= 0.6 is 15.9 Å². The standard InChI is InChI=1S/C14H16BrNO3/c1-3-4-5-12(14(18)19)16-13(17)11-8-10(15)7-6-9(11)2/h3,6-8,12H,1,4-5H2,2H3,(H,16,17)(H,18,19). The van der Waals surface area contributed by atoms with Crippen LogP contribution in [-0.4, -0.2) is 23.0 Å². The van der Waals surface area contributed by atoms with E-state index < -0.39 is 12.0 Å². The van der Waals surface area contributed by atoms with Gasteiger partial charge in [0.05, 0.1) is 0 Å². The number of carboxylic acid groups (broad SMARTS) is 1. The summed E-state index contributed by atoms with van der Waals surface area (Å²) in [5.74, 6) is -1.42. The molecule has 0 aliphatic rings. The number of nitrogens with one attached hydrogen (secondary N) is 1. The lowest BCUT2D eigenvalue weighted by molar-refractivity contribution is -0.139. The summed E-state index contributed by atoms with van der Waals surface area (Å²) in [5, 5.41) is 11.6. The first kappa shape index (κ1) is 15.4. The molecule has 0 aliphatic heterocycles. The first-order chi connectivity index (χ1) is 8.95. The molecule has 0 saturated carbocycles. The molecule has 0 saturated heterocycles. The minimum atomic E-state index is -1.04. The SMILES string of the molecule is C=CCCC(NC(=O)c1cc(Br)ccc1C)C(=O)O. The molecule has 0 spiro atoms. The Kier molecular flexibility index (Phi) is 5.76. The lowest BCUT2D eigenvalue weighted by Gasteiger charge is -2.14. The van der Waals surface area contributed by atoms with Crippen molar-refractivity contribution in [1.29, 1.82) is 0 Å². The summed E-state index contributed by atoms with van der Waals surface area (Å²) in [6, 6.07) is 4.41. The third-order valence-electron chi connectivity index (χ3n) is 2.71. The maximum atomic E-state index is 12.1. The molecule has 1 unspecified atom stereocenters. The Labute approximate surface area is 120 Å². The predicted molar refractivity (Wildman–Crippen MR) is 77.2 cm³/mol. The predicted octanol–water partition coefficient (Wildman–Crippen LogP) is 2.91. The molecule has 2 N–H and O–H groups in total. The smallest absolute Gasteiger partial charge is 0.326 e. The van der Waals surface area contributed by atoms with Crippen molar-refractivity contribution in [2.24, 2.45) is 0 Å². The van der Waals surface area contributed by atoms with E-state index in [9.17, 15) is 9.59 Å². The molecule has 0 fully saturated rings. The van der Waals surface area contributed by atoms with Crippen LogP contribution in [0.2, 0.25) is 0 Å². The summed E-state index contributed by atoms with van der Waals surface area (Å²) >= 11 is 3.29. The van der Waals surface area contributed by atoms with Crippen molar-refractivity contribution in [1.82, 2.24) is 5.32 Å². The number of carbonyl (C=O) groups is 2. The van der Waals surface area contributed by atoms with Crippen LogP contribution in [0.25, 0.3) is 0 Å². The van der Waals surface area contributed by atoms with E-state index in [-0.39, 0.29) is 5.91 Å². The molecule has 1 aromatic rings. The van der Waals surface area contributed by atoms with Crippen molar-refractivity contribution in [3.63, 3.8) is 0 Å². The number of carboxylic acids is 1. The Morgan fingerprint density at radius 3 is 2.79 bits per heavy atom. The minimum Gasteiger partial charge on any atom is -0.480 e. The zero-order valence-electron chi connectivity index (χ0n) is 10.6. The fraction of sp³-hybridized carbons (Fsp3) is 0.286. The molecular weight excluding hydrogens is 310 g/mol. The van der Waals surface area contributed by atoms with Gasteiger partial charge >= 0.3 is 5.97 Å². The van der Waals surface area contributed by atoms with Crippen molar-refractivity contribution < 1.29 is 14.7 Å². The van der Waals surface area contributed by atoms with E-state index in [1.165, 1.54) is 0 Å². The van der Waals surface area contributed by atoms with Crippen LogP contribution in [-0.2, 0) is 4.79 Å². The molecule has 0 radical (unpaired) electrons. The van der Waals surface area contributed by atoms with E-state index in [0.29, 0.717) is 18.4 Å². The Bertz CT molecular complexity index is 499. The van der Waals surface area contributed by atoms with Gasteiger partial charge in [-0.25, -0.2) is 4.79 Å². The molecule has 102 valence electrons. The van der Waals surface area contributed by atoms with Gasteiger partial charge in [-0.15, -0.1) is 6.58 Å². The van der Waals surface area contributed by atoms with Gasteiger partial charge in [-0.3, -0.25) is 4.79 Å². The number of hydrogen-bond acceptors (Lipinski definition) is 2. The second kappa shape index (κ2) is 7.09. The van der Waals surface area contributed by atoms with Gasteiger partial charge in [-0.2, -0.15) is 0 Å². The molecule has 1 aromatic carbocycles. The number of aliphatic carboxylic acids is 1. The second-order valence-corrected chi connectivity index (χ2v) is 5.11. The van der Waals surface area contributed by atoms with Gasteiger partial charge in [0.2, 0.25) is 0 Å². The van der Waals surface area contributed by atoms with Crippen molar-refractivity contribution in [3.05, 3.63) is 46.5 Å². The van der Waals surface area contributed by atoms with Gasteiger partial charge < -0.3 is 10.4 Å². The average Bonchev–Trinajstić information content (AvgIpc) is 2.36. The first-order valence-corrected chi connectivity index (χ1v) is 6.65. The van der Waals surface area contributed by atoms with Crippen molar-refractivity contribution in [2.45, 2.75) is 25.8 Å². The number of aryl methyl sites for hydroxylation is 1. The van der Waals surface area contributed by atoms with Crippen molar-refractivity contribution in [2.75, 3.05) is 0 Å². The molecule has 4 nitrogen and oxygen atoms in total. The summed E-state index contributed by atoms with van der Waals surface area (Å²) in [7, 11) is 0. The molecule has 0 bridgehead atoms. The first-order valence-electron chi connectivity index (χ1n) is 5.86. The number of allylic oxidation sites excluding steroid dienone is 1. The Hall–Kier alpha value is -1.62. The van der Waals surface area contributed by atoms with E-state index in [2.05, 4.69) is 27.8 Å². The third kappa shape index (κ3) is 4.52. The molecule has 1 amide bonds. The van der Waals surface area contributed by atoms with Crippen LogP contribution < -0.4 is 5.32 Å². The summed E-state index contributed by atoms with van der Waals surface area (Å²) in [6.45, 7) is 5.35. The summed E-state index contributed by atoms with van der Waals surface area (Å²) in [6.07, 6.45) is 2.50. The highest BCUT2D eigenvalue weighted by Gasteiger charge is 2.20.